The van der Waals surface area contributed by atoms with E-state index in [9.17, 15) is 4.39 Å². The number of nitrogens with zero attached hydrogens (tertiary/aromatic N) is 2. The number of hydrogen-bond donors (Lipinski definition) is 1. The molecule has 16 heavy (non-hydrogen) atoms. The Morgan fingerprint density at radius 1 is 1.44 bits per heavy atom. The first-order chi connectivity index (χ1) is 7.70. The molecule has 4 nitrogen and oxygen atoms in total. The summed E-state index contributed by atoms with van der Waals surface area (Å²) in [7, 11) is 0. The topological polar surface area (TPSA) is 64.9 Å². The van der Waals surface area contributed by atoms with Gasteiger partial charge in [-0.3, -0.25) is 0 Å². The van der Waals surface area contributed by atoms with Gasteiger partial charge in [0.05, 0.1) is 10.6 Å². The molecule has 1 heterocycles. The van der Waals surface area contributed by atoms with Gasteiger partial charge in [0, 0.05) is 6.42 Å². The Morgan fingerprint density at radius 2 is 2.25 bits per heavy atom. The molecular weight excluding hydrogens is 233 g/mol. The second kappa shape index (κ2) is 4.59. The standard InChI is InChI=1S/C10H9ClFN3O/c11-8-5-6(12)1-2-7(8)10-14-9(3-4-13)15-16-10/h1-2,5H,3-4,13H2. The first-order valence-corrected chi connectivity index (χ1v) is 5.06. The lowest BCUT2D eigenvalue weighted by atomic mass is 10.2. The Balaban J connectivity index is 2.35. The minimum absolute atomic E-state index is 0.239. The minimum atomic E-state index is -0.407. The molecule has 0 spiro atoms. The SMILES string of the molecule is NCCc1noc(-c2ccc(F)cc2Cl)n1. The van der Waals surface area contributed by atoms with Crippen LogP contribution >= 0.6 is 11.6 Å². The molecule has 0 aliphatic carbocycles. The van der Waals surface area contributed by atoms with Gasteiger partial charge < -0.3 is 10.3 Å². The first-order valence-electron chi connectivity index (χ1n) is 4.69. The summed E-state index contributed by atoms with van der Waals surface area (Å²) in [5.74, 6) is 0.377. The highest BCUT2D eigenvalue weighted by molar-refractivity contribution is 6.33. The van der Waals surface area contributed by atoms with Crippen molar-refractivity contribution in [2.24, 2.45) is 5.73 Å². The van der Waals surface area contributed by atoms with Gasteiger partial charge in [-0.2, -0.15) is 4.98 Å². The third-order valence-electron chi connectivity index (χ3n) is 2.00. The molecular formula is C10H9ClFN3O. The summed E-state index contributed by atoms with van der Waals surface area (Å²) in [6, 6.07) is 3.98. The summed E-state index contributed by atoms with van der Waals surface area (Å²) < 4.78 is 17.8. The molecule has 84 valence electrons. The van der Waals surface area contributed by atoms with Crippen LogP contribution in [0.25, 0.3) is 11.5 Å². The van der Waals surface area contributed by atoms with Crippen molar-refractivity contribution in [2.45, 2.75) is 6.42 Å². The zero-order valence-corrected chi connectivity index (χ0v) is 9.04. The van der Waals surface area contributed by atoms with E-state index in [-0.39, 0.29) is 10.9 Å². The molecule has 0 bridgehead atoms. The summed E-state index contributed by atoms with van der Waals surface area (Å²) in [4.78, 5) is 4.10. The zero-order valence-electron chi connectivity index (χ0n) is 8.28. The summed E-state index contributed by atoms with van der Waals surface area (Å²) in [6.45, 7) is 0.441. The summed E-state index contributed by atoms with van der Waals surface area (Å²) >= 11 is 5.86. The Kier molecular flexibility index (Phi) is 3.17. The molecule has 6 heteroatoms. The molecule has 0 atom stereocenters. The molecule has 2 aromatic rings. The third kappa shape index (κ3) is 2.20. The van der Waals surface area contributed by atoms with Crippen molar-refractivity contribution < 1.29 is 8.91 Å². The molecule has 2 rings (SSSR count). The van der Waals surface area contributed by atoms with Crippen molar-refractivity contribution in [3.05, 3.63) is 34.9 Å². The van der Waals surface area contributed by atoms with Crippen LogP contribution in [0, 0.1) is 5.82 Å². The van der Waals surface area contributed by atoms with E-state index in [0.717, 1.165) is 0 Å². The summed E-state index contributed by atoms with van der Waals surface area (Å²) in [6.07, 6.45) is 0.530. The summed E-state index contributed by atoms with van der Waals surface area (Å²) in [5.41, 5.74) is 5.87. The van der Waals surface area contributed by atoms with Crippen LogP contribution in [0.15, 0.2) is 22.7 Å². The monoisotopic (exact) mass is 241 g/mol. The average Bonchev–Trinajstić information content (AvgIpc) is 2.67. The van der Waals surface area contributed by atoms with E-state index in [4.69, 9.17) is 21.9 Å². The fraction of sp³-hybridized carbons (Fsp3) is 0.200. The first kappa shape index (κ1) is 11.0. The van der Waals surface area contributed by atoms with Crippen molar-refractivity contribution in [2.75, 3.05) is 6.54 Å². The highest BCUT2D eigenvalue weighted by atomic mass is 35.5. The van der Waals surface area contributed by atoms with Gasteiger partial charge in [0.1, 0.15) is 5.82 Å². The van der Waals surface area contributed by atoms with Gasteiger partial charge in [-0.1, -0.05) is 16.8 Å². The van der Waals surface area contributed by atoms with E-state index in [0.29, 0.717) is 24.4 Å². The third-order valence-corrected chi connectivity index (χ3v) is 2.31. The molecule has 2 N–H and O–H groups in total. The molecule has 0 fully saturated rings. The Labute approximate surface area is 96.2 Å². The maximum Gasteiger partial charge on any atom is 0.259 e. The molecule has 0 saturated heterocycles. The molecule has 1 aromatic heterocycles. The number of nitrogens with two attached hydrogens (primary N) is 1. The highest BCUT2D eigenvalue weighted by Gasteiger charge is 2.12. The van der Waals surface area contributed by atoms with E-state index >= 15 is 0 Å². The Morgan fingerprint density at radius 3 is 2.94 bits per heavy atom. The maximum absolute atomic E-state index is 12.8. The quantitative estimate of drug-likeness (QED) is 0.893. The fourth-order valence-corrected chi connectivity index (χ4v) is 1.50. The van der Waals surface area contributed by atoms with Crippen molar-refractivity contribution in [1.29, 1.82) is 0 Å². The number of rotatable bonds is 3. The van der Waals surface area contributed by atoms with Gasteiger partial charge in [-0.05, 0) is 24.7 Å². The predicted molar refractivity (Wildman–Crippen MR) is 57.5 cm³/mol. The number of aromatic nitrogens is 2. The molecule has 0 amide bonds. The Bertz CT molecular complexity index is 501. The van der Waals surface area contributed by atoms with E-state index in [1.165, 1.54) is 18.2 Å². The lowest BCUT2D eigenvalue weighted by molar-refractivity contribution is 0.422. The van der Waals surface area contributed by atoms with Crippen molar-refractivity contribution in [1.82, 2.24) is 10.1 Å². The fourth-order valence-electron chi connectivity index (χ4n) is 1.26. The lowest BCUT2D eigenvalue weighted by Gasteiger charge is -1.97. The van der Waals surface area contributed by atoms with E-state index < -0.39 is 5.82 Å². The number of benzene rings is 1. The average molecular weight is 242 g/mol. The van der Waals surface area contributed by atoms with Crippen LogP contribution in [0.4, 0.5) is 4.39 Å². The van der Waals surface area contributed by atoms with Crippen molar-refractivity contribution >= 4 is 11.6 Å². The van der Waals surface area contributed by atoms with Crippen LogP contribution in [0.5, 0.6) is 0 Å². The van der Waals surface area contributed by atoms with Crippen LogP contribution < -0.4 is 5.73 Å². The second-order valence-corrected chi connectivity index (χ2v) is 3.59. The van der Waals surface area contributed by atoms with Crippen LogP contribution in [0.3, 0.4) is 0 Å². The van der Waals surface area contributed by atoms with Crippen LogP contribution in [-0.4, -0.2) is 16.7 Å². The van der Waals surface area contributed by atoms with Gasteiger partial charge in [0.15, 0.2) is 5.82 Å². The Hall–Kier alpha value is -1.46. The molecule has 0 saturated carbocycles. The highest BCUT2D eigenvalue weighted by Crippen LogP contribution is 2.26. The van der Waals surface area contributed by atoms with E-state index in [2.05, 4.69) is 10.1 Å². The van der Waals surface area contributed by atoms with E-state index in [1.807, 2.05) is 0 Å². The predicted octanol–water partition coefficient (Wildman–Crippen LogP) is 2.03. The van der Waals surface area contributed by atoms with Gasteiger partial charge >= 0.3 is 0 Å². The molecule has 0 radical (unpaired) electrons. The van der Waals surface area contributed by atoms with Crippen LogP contribution in [0.2, 0.25) is 5.02 Å². The maximum atomic E-state index is 12.8. The minimum Gasteiger partial charge on any atom is -0.334 e. The zero-order chi connectivity index (χ0) is 11.5. The van der Waals surface area contributed by atoms with E-state index in [1.54, 1.807) is 0 Å². The van der Waals surface area contributed by atoms with Crippen LogP contribution in [0.1, 0.15) is 5.82 Å². The van der Waals surface area contributed by atoms with Gasteiger partial charge in [-0.25, -0.2) is 4.39 Å². The molecule has 0 aliphatic heterocycles. The van der Waals surface area contributed by atoms with Crippen molar-refractivity contribution in [3.63, 3.8) is 0 Å². The smallest absolute Gasteiger partial charge is 0.259 e. The van der Waals surface area contributed by atoms with Gasteiger partial charge in [0.25, 0.3) is 5.89 Å². The van der Waals surface area contributed by atoms with Gasteiger partial charge in [0.2, 0.25) is 0 Å². The van der Waals surface area contributed by atoms with Crippen molar-refractivity contribution in [3.8, 4) is 11.5 Å². The second-order valence-electron chi connectivity index (χ2n) is 3.18. The number of halogens is 2. The largest absolute Gasteiger partial charge is 0.334 e. The summed E-state index contributed by atoms with van der Waals surface area (Å²) in [5, 5.41) is 3.97. The lowest BCUT2D eigenvalue weighted by Crippen LogP contribution is -2.03. The molecule has 0 unspecified atom stereocenters. The normalized spacial score (nSPS) is 10.7. The van der Waals surface area contributed by atoms with Crippen LogP contribution in [-0.2, 0) is 6.42 Å². The number of hydrogen-bond acceptors (Lipinski definition) is 4. The molecule has 1 aromatic carbocycles. The van der Waals surface area contributed by atoms with Gasteiger partial charge in [-0.15, -0.1) is 0 Å². The molecule has 0 aliphatic rings.